The van der Waals surface area contributed by atoms with Crippen LogP contribution in [0.25, 0.3) is 0 Å². The highest BCUT2D eigenvalue weighted by atomic mass is 16.7. The molecule has 8 nitrogen and oxygen atoms in total. The van der Waals surface area contributed by atoms with Gasteiger partial charge in [-0.25, -0.2) is 0 Å². The maximum atomic E-state index is 13.6. The Balaban J connectivity index is 1.53. The molecule has 0 saturated heterocycles. The van der Waals surface area contributed by atoms with Crippen molar-refractivity contribution in [3.63, 3.8) is 0 Å². The first-order valence-corrected chi connectivity index (χ1v) is 11.5. The molecule has 3 aromatic rings. The highest BCUT2D eigenvalue weighted by molar-refractivity contribution is 5.96. The lowest BCUT2D eigenvalue weighted by Crippen LogP contribution is -2.43. The van der Waals surface area contributed by atoms with E-state index in [0.29, 0.717) is 41.7 Å². The third kappa shape index (κ3) is 6.15. The van der Waals surface area contributed by atoms with Gasteiger partial charge in [-0.05, 0) is 60.0 Å². The lowest BCUT2D eigenvalue weighted by molar-refractivity contribution is -0.133. The molecule has 0 spiro atoms. The van der Waals surface area contributed by atoms with E-state index in [1.54, 1.807) is 53.5 Å². The van der Waals surface area contributed by atoms with E-state index < -0.39 is 0 Å². The van der Waals surface area contributed by atoms with Crippen LogP contribution in [0, 0.1) is 5.92 Å². The molecule has 0 unspecified atom stereocenters. The molecule has 35 heavy (non-hydrogen) atoms. The zero-order valence-electron chi connectivity index (χ0n) is 20.2. The highest BCUT2D eigenvalue weighted by Crippen LogP contribution is 2.33. The van der Waals surface area contributed by atoms with E-state index in [2.05, 4.69) is 0 Å². The second-order valence-corrected chi connectivity index (χ2v) is 8.82. The number of hydrogen-bond acceptors (Lipinski definition) is 6. The van der Waals surface area contributed by atoms with Gasteiger partial charge in [0.05, 0.1) is 19.9 Å². The maximum Gasteiger partial charge on any atom is 0.254 e. The van der Waals surface area contributed by atoms with E-state index in [1.165, 1.54) is 0 Å². The molecule has 0 aliphatic carbocycles. The van der Waals surface area contributed by atoms with Crippen LogP contribution in [0.5, 0.6) is 17.2 Å². The molecule has 0 N–H and O–H groups in total. The number of fused-ring (bicyclic) bond motifs is 1. The van der Waals surface area contributed by atoms with Gasteiger partial charge in [-0.2, -0.15) is 0 Å². The molecule has 1 aliphatic heterocycles. The summed E-state index contributed by atoms with van der Waals surface area (Å²) in [6.45, 7) is 5.25. The van der Waals surface area contributed by atoms with Crippen LogP contribution < -0.4 is 14.2 Å². The first-order valence-electron chi connectivity index (χ1n) is 11.5. The first kappa shape index (κ1) is 24.2. The molecule has 8 heteroatoms. The summed E-state index contributed by atoms with van der Waals surface area (Å²) < 4.78 is 21.6. The van der Waals surface area contributed by atoms with E-state index in [-0.39, 0.29) is 37.6 Å². The van der Waals surface area contributed by atoms with Crippen molar-refractivity contribution in [2.45, 2.75) is 26.9 Å². The van der Waals surface area contributed by atoms with Crippen molar-refractivity contribution < 1.29 is 28.2 Å². The number of carbonyl (C=O) groups is 2. The van der Waals surface area contributed by atoms with Crippen molar-refractivity contribution >= 4 is 11.8 Å². The number of benzene rings is 2. The molecule has 2 heterocycles. The van der Waals surface area contributed by atoms with Crippen molar-refractivity contribution in [3.8, 4) is 17.2 Å². The summed E-state index contributed by atoms with van der Waals surface area (Å²) in [6, 6.07) is 16.1. The van der Waals surface area contributed by atoms with Gasteiger partial charge in [-0.15, -0.1) is 0 Å². The Kier molecular flexibility index (Phi) is 7.60. The Bertz CT molecular complexity index is 1140. The van der Waals surface area contributed by atoms with Crippen LogP contribution in [-0.4, -0.2) is 48.6 Å². The van der Waals surface area contributed by atoms with Gasteiger partial charge in [0.25, 0.3) is 5.91 Å². The highest BCUT2D eigenvalue weighted by Gasteiger charge is 2.25. The molecule has 2 aromatic carbocycles. The fourth-order valence-electron chi connectivity index (χ4n) is 3.92. The lowest BCUT2D eigenvalue weighted by atomic mass is 10.1. The fraction of sp³-hybridized carbons (Fsp3) is 0.333. The predicted molar refractivity (Wildman–Crippen MR) is 129 cm³/mol. The molecule has 0 atom stereocenters. The number of methoxy groups -OCH3 is 1. The second-order valence-electron chi connectivity index (χ2n) is 8.82. The number of ether oxygens (including phenoxy) is 3. The number of nitrogens with zero attached hydrogens (tertiary/aromatic N) is 2. The van der Waals surface area contributed by atoms with Crippen LogP contribution >= 0.6 is 0 Å². The van der Waals surface area contributed by atoms with Gasteiger partial charge in [-0.3, -0.25) is 9.59 Å². The van der Waals surface area contributed by atoms with Crippen LogP contribution in [-0.2, 0) is 17.9 Å². The summed E-state index contributed by atoms with van der Waals surface area (Å²) >= 11 is 0. The van der Waals surface area contributed by atoms with E-state index in [9.17, 15) is 9.59 Å². The van der Waals surface area contributed by atoms with Crippen molar-refractivity contribution in [2.24, 2.45) is 5.92 Å². The van der Waals surface area contributed by atoms with E-state index in [0.717, 1.165) is 5.56 Å². The molecule has 2 amide bonds. The van der Waals surface area contributed by atoms with Crippen LogP contribution in [0.1, 0.15) is 35.5 Å². The Hall–Kier alpha value is -3.94. The number of furan rings is 1. The molecule has 0 radical (unpaired) electrons. The van der Waals surface area contributed by atoms with Gasteiger partial charge in [0.1, 0.15) is 18.1 Å². The van der Waals surface area contributed by atoms with Gasteiger partial charge < -0.3 is 28.4 Å². The van der Waals surface area contributed by atoms with Crippen molar-refractivity contribution in [1.82, 2.24) is 9.80 Å². The van der Waals surface area contributed by atoms with E-state index in [4.69, 9.17) is 18.6 Å². The monoisotopic (exact) mass is 478 g/mol. The first-order chi connectivity index (χ1) is 16.9. The van der Waals surface area contributed by atoms with Crippen molar-refractivity contribution in [1.29, 1.82) is 0 Å². The summed E-state index contributed by atoms with van der Waals surface area (Å²) in [6.07, 6.45) is 1.58. The van der Waals surface area contributed by atoms with Crippen LogP contribution in [0.4, 0.5) is 0 Å². The lowest BCUT2D eigenvalue weighted by Gasteiger charge is -2.28. The fourth-order valence-corrected chi connectivity index (χ4v) is 3.92. The molecule has 0 fully saturated rings. The Morgan fingerprint density at radius 3 is 2.43 bits per heavy atom. The van der Waals surface area contributed by atoms with Gasteiger partial charge >= 0.3 is 0 Å². The van der Waals surface area contributed by atoms with E-state index in [1.807, 2.05) is 38.1 Å². The minimum Gasteiger partial charge on any atom is -0.497 e. The van der Waals surface area contributed by atoms with Crippen LogP contribution in [0.15, 0.2) is 65.3 Å². The van der Waals surface area contributed by atoms with Gasteiger partial charge in [-0.1, -0.05) is 19.9 Å². The third-order valence-electron chi connectivity index (χ3n) is 5.63. The van der Waals surface area contributed by atoms with Gasteiger partial charge in [0, 0.05) is 18.7 Å². The average Bonchev–Trinajstić information content (AvgIpc) is 3.54. The largest absolute Gasteiger partial charge is 0.497 e. The predicted octanol–water partition coefficient (Wildman–Crippen LogP) is 4.34. The molecule has 1 aromatic heterocycles. The molecule has 184 valence electrons. The number of amides is 2. The van der Waals surface area contributed by atoms with Crippen molar-refractivity contribution in [2.75, 3.05) is 27.0 Å². The quantitative estimate of drug-likeness (QED) is 0.431. The molecule has 4 rings (SSSR count). The summed E-state index contributed by atoms with van der Waals surface area (Å²) in [5.74, 6) is 2.49. The van der Waals surface area contributed by atoms with E-state index >= 15 is 0 Å². The third-order valence-corrected chi connectivity index (χ3v) is 5.63. The van der Waals surface area contributed by atoms with Crippen molar-refractivity contribution in [3.05, 3.63) is 77.7 Å². The molecule has 0 bridgehead atoms. The number of carbonyl (C=O) groups excluding carboxylic acids is 2. The summed E-state index contributed by atoms with van der Waals surface area (Å²) in [5.41, 5.74) is 1.40. The standard InChI is InChI=1S/C27H30N2O6/c1-19(2)14-29(27(31)21-7-9-22(32-3)10-8-21)17-26(30)28(16-23-5-4-12-33-23)15-20-6-11-24-25(13-20)35-18-34-24/h4-13,19H,14-18H2,1-3H3. The topological polar surface area (TPSA) is 81.5 Å². The number of rotatable bonds is 10. The Labute approximate surface area is 205 Å². The Morgan fingerprint density at radius 1 is 0.971 bits per heavy atom. The summed E-state index contributed by atoms with van der Waals surface area (Å²) in [4.78, 5) is 30.1. The second kappa shape index (κ2) is 11.0. The van der Waals surface area contributed by atoms with Gasteiger partial charge in [0.15, 0.2) is 11.5 Å². The zero-order valence-corrected chi connectivity index (χ0v) is 20.2. The molecular formula is C27H30N2O6. The zero-order chi connectivity index (χ0) is 24.8. The minimum atomic E-state index is -0.198. The maximum absolute atomic E-state index is 13.6. The minimum absolute atomic E-state index is 0.0473. The summed E-state index contributed by atoms with van der Waals surface area (Å²) in [7, 11) is 1.58. The van der Waals surface area contributed by atoms with Gasteiger partial charge in [0.2, 0.25) is 12.7 Å². The van der Waals surface area contributed by atoms with Crippen LogP contribution in [0.2, 0.25) is 0 Å². The molecule has 0 saturated carbocycles. The normalized spacial score (nSPS) is 12.0. The SMILES string of the molecule is COc1ccc(C(=O)N(CC(=O)N(Cc2ccc3c(c2)OCO3)Cc2ccco2)CC(C)C)cc1. The average molecular weight is 479 g/mol. The molecular weight excluding hydrogens is 448 g/mol. The Morgan fingerprint density at radius 2 is 1.74 bits per heavy atom. The smallest absolute Gasteiger partial charge is 0.254 e. The summed E-state index contributed by atoms with van der Waals surface area (Å²) in [5, 5.41) is 0. The number of hydrogen-bond donors (Lipinski definition) is 0. The molecule has 1 aliphatic rings. The van der Waals surface area contributed by atoms with Crippen LogP contribution in [0.3, 0.4) is 0 Å².